The number of benzene rings is 2. The Morgan fingerprint density at radius 1 is 0.973 bits per heavy atom. The van der Waals surface area contributed by atoms with Gasteiger partial charge in [0.1, 0.15) is 11.5 Å². The molecule has 0 aliphatic carbocycles. The largest absolute Gasteiger partial charge is 0.352 e. The Balaban J connectivity index is 1.71. The molecule has 3 aliphatic heterocycles. The third-order valence-electron chi connectivity index (χ3n) is 8.14. The van der Waals surface area contributed by atoms with Crippen molar-refractivity contribution in [1.82, 2.24) is 4.98 Å². The molecule has 0 unspecified atom stereocenters. The molecule has 37 heavy (non-hydrogen) atoms. The molecule has 2 aromatic carbocycles. The number of carbonyl (C=O) groups excluding carboxylic acids is 3. The maximum Gasteiger partial charge on any atom is 0.238 e. The first-order chi connectivity index (χ1) is 17.7. The molecule has 4 atom stereocenters. The van der Waals surface area contributed by atoms with Gasteiger partial charge in [-0.15, -0.1) is 0 Å². The fourth-order valence-electron chi connectivity index (χ4n) is 6.53. The highest BCUT2D eigenvalue weighted by Gasteiger charge is 2.71. The molecule has 6 nitrogen and oxygen atoms in total. The van der Waals surface area contributed by atoms with Crippen LogP contribution in [0.3, 0.4) is 0 Å². The second kappa shape index (κ2) is 7.97. The van der Waals surface area contributed by atoms with Crippen LogP contribution in [-0.4, -0.2) is 34.5 Å². The second-order valence-corrected chi connectivity index (χ2v) is 11.2. The number of ketones is 2. The lowest BCUT2D eigenvalue weighted by Gasteiger charge is -2.39. The molecule has 1 N–H and O–H groups in total. The fraction of sp³-hybridized carbons (Fsp3) is 0.290. The van der Waals surface area contributed by atoms with Crippen LogP contribution in [0.1, 0.15) is 49.2 Å². The van der Waals surface area contributed by atoms with Crippen LogP contribution in [0.15, 0.2) is 79.1 Å². The molecule has 1 saturated heterocycles. The minimum Gasteiger partial charge on any atom is -0.352 e. The number of allylic oxidation sites excluding steroid dienone is 1. The van der Waals surface area contributed by atoms with Crippen molar-refractivity contribution in [3.8, 4) is 0 Å². The molecule has 1 spiro atoms. The molecule has 0 bridgehead atoms. The summed E-state index contributed by atoms with van der Waals surface area (Å²) in [6.07, 6.45) is 5.22. The van der Waals surface area contributed by atoms with Gasteiger partial charge in [-0.2, -0.15) is 0 Å². The quantitative estimate of drug-likeness (QED) is 0.518. The number of pyridine rings is 1. The maximum atomic E-state index is 14.5. The Labute approximate surface area is 216 Å². The van der Waals surface area contributed by atoms with Crippen molar-refractivity contribution in [2.45, 2.75) is 45.2 Å². The molecular formula is C31H29N3O3. The van der Waals surface area contributed by atoms with Gasteiger partial charge in [-0.05, 0) is 42.3 Å². The summed E-state index contributed by atoms with van der Waals surface area (Å²) in [7, 11) is 0. The van der Waals surface area contributed by atoms with Crippen LogP contribution in [0.4, 0.5) is 11.4 Å². The first-order valence-electron chi connectivity index (χ1n) is 12.6. The summed E-state index contributed by atoms with van der Waals surface area (Å²) in [6, 6.07) is 17.5. The Morgan fingerprint density at radius 3 is 2.38 bits per heavy atom. The lowest BCUT2D eigenvalue weighted by Crippen LogP contribution is -2.51. The number of carbonyl (C=O) groups is 3. The van der Waals surface area contributed by atoms with Crippen molar-refractivity contribution in [3.05, 3.63) is 95.8 Å². The zero-order valence-corrected chi connectivity index (χ0v) is 21.4. The van der Waals surface area contributed by atoms with Gasteiger partial charge in [0.15, 0.2) is 11.6 Å². The molecule has 1 amide bonds. The molecule has 6 rings (SSSR count). The molecule has 1 aromatic heterocycles. The zero-order valence-electron chi connectivity index (χ0n) is 21.4. The van der Waals surface area contributed by atoms with Gasteiger partial charge >= 0.3 is 0 Å². The summed E-state index contributed by atoms with van der Waals surface area (Å²) >= 11 is 0. The fourth-order valence-corrected chi connectivity index (χ4v) is 6.53. The molecule has 3 aliphatic rings. The van der Waals surface area contributed by atoms with E-state index in [2.05, 4.69) is 21.3 Å². The van der Waals surface area contributed by atoms with Crippen molar-refractivity contribution < 1.29 is 14.4 Å². The number of nitrogens with zero attached hydrogens (tertiary/aromatic N) is 2. The van der Waals surface area contributed by atoms with Gasteiger partial charge in [-0.3, -0.25) is 19.4 Å². The average Bonchev–Trinajstić information content (AvgIpc) is 3.36. The summed E-state index contributed by atoms with van der Waals surface area (Å²) in [5.74, 6) is -1.48. The molecular weight excluding hydrogens is 462 g/mol. The first kappa shape index (κ1) is 23.3. The normalized spacial score (nSPS) is 25.7. The minimum absolute atomic E-state index is 0.0679. The minimum atomic E-state index is -1.28. The van der Waals surface area contributed by atoms with Crippen molar-refractivity contribution in [2.24, 2.45) is 11.3 Å². The Morgan fingerprint density at radius 2 is 1.65 bits per heavy atom. The molecule has 6 heteroatoms. The number of nitrogens with one attached hydrogen (secondary N) is 1. The zero-order chi connectivity index (χ0) is 26.1. The number of hydrogen-bond donors (Lipinski definition) is 1. The third kappa shape index (κ3) is 3.11. The van der Waals surface area contributed by atoms with Crippen molar-refractivity contribution in [3.63, 3.8) is 0 Å². The summed E-state index contributed by atoms with van der Waals surface area (Å²) in [6.45, 7) is 7.66. The average molecular weight is 492 g/mol. The van der Waals surface area contributed by atoms with Gasteiger partial charge in [0.25, 0.3) is 0 Å². The van der Waals surface area contributed by atoms with Gasteiger partial charge in [-0.25, -0.2) is 0 Å². The van der Waals surface area contributed by atoms with Gasteiger partial charge in [0.05, 0.1) is 12.0 Å². The smallest absolute Gasteiger partial charge is 0.238 e. The van der Waals surface area contributed by atoms with Gasteiger partial charge in [-0.1, -0.05) is 63.2 Å². The Kier molecular flexibility index (Phi) is 5.03. The Hall–Kier alpha value is -4.06. The van der Waals surface area contributed by atoms with E-state index in [9.17, 15) is 14.4 Å². The first-order valence-corrected chi connectivity index (χ1v) is 12.6. The highest BCUT2D eigenvalue weighted by Crippen LogP contribution is 2.59. The number of amides is 1. The summed E-state index contributed by atoms with van der Waals surface area (Å²) in [5.41, 5.74) is 2.77. The highest BCUT2D eigenvalue weighted by atomic mass is 16.2. The van der Waals surface area contributed by atoms with Crippen molar-refractivity contribution in [1.29, 1.82) is 0 Å². The van der Waals surface area contributed by atoms with E-state index in [0.29, 0.717) is 11.3 Å². The van der Waals surface area contributed by atoms with Gasteiger partial charge < -0.3 is 10.2 Å². The number of anilines is 2. The second-order valence-electron chi connectivity index (χ2n) is 11.2. The van der Waals surface area contributed by atoms with Crippen molar-refractivity contribution in [2.75, 3.05) is 10.2 Å². The summed E-state index contributed by atoms with van der Waals surface area (Å²) in [4.78, 5) is 49.3. The maximum absolute atomic E-state index is 14.5. The number of fused-ring (bicyclic) bond motifs is 6. The van der Waals surface area contributed by atoms with Crippen LogP contribution < -0.4 is 10.2 Å². The van der Waals surface area contributed by atoms with Crippen LogP contribution in [0, 0.1) is 11.3 Å². The van der Waals surface area contributed by atoms with Crippen molar-refractivity contribution >= 4 is 34.4 Å². The SMILES string of the molecule is CC1=C[C@@H]2N(c3ccccc31)[C@@H](C(=O)C(C)(C)C)[C@@H](C(=O)c1ccncc1)[C@]21C(=O)Nc2ccccc21. The lowest BCUT2D eigenvalue weighted by atomic mass is 9.63. The van der Waals surface area contributed by atoms with Crippen LogP contribution >= 0.6 is 0 Å². The van der Waals surface area contributed by atoms with Crippen LogP contribution in [0.5, 0.6) is 0 Å². The lowest BCUT2D eigenvalue weighted by molar-refractivity contribution is -0.128. The third-order valence-corrected chi connectivity index (χ3v) is 8.14. The van der Waals surface area contributed by atoms with E-state index >= 15 is 0 Å². The molecule has 186 valence electrons. The number of aromatic nitrogens is 1. The molecule has 3 aromatic rings. The van der Waals surface area contributed by atoms with E-state index in [1.807, 2.05) is 76.2 Å². The highest BCUT2D eigenvalue weighted by molar-refractivity contribution is 6.17. The molecule has 0 radical (unpaired) electrons. The molecule has 0 saturated carbocycles. The number of Topliss-reactive ketones (excluding diaryl/α,β-unsaturated/α-hetero) is 2. The van der Waals surface area contributed by atoms with Crippen LogP contribution in [0.25, 0.3) is 5.57 Å². The number of para-hydroxylation sites is 2. The van der Waals surface area contributed by atoms with Gasteiger partial charge in [0.2, 0.25) is 5.91 Å². The van der Waals surface area contributed by atoms with E-state index in [4.69, 9.17) is 0 Å². The number of rotatable bonds is 3. The molecule has 4 heterocycles. The molecule has 1 fully saturated rings. The summed E-state index contributed by atoms with van der Waals surface area (Å²) in [5, 5.41) is 3.07. The summed E-state index contributed by atoms with van der Waals surface area (Å²) < 4.78 is 0. The van der Waals surface area contributed by atoms with E-state index in [-0.39, 0.29) is 17.5 Å². The van der Waals surface area contributed by atoms with E-state index in [1.165, 1.54) is 0 Å². The number of hydrogen-bond acceptors (Lipinski definition) is 5. The van der Waals surface area contributed by atoms with Crippen LogP contribution in [0.2, 0.25) is 0 Å². The monoisotopic (exact) mass is 491 g/mol. The van der Waals surface area contributed by atoms with E-state index in [1.54, 1.807) is 24.5 Å². The predicted octanol–water partition coefficient (Wildman–Crippen LogP) is 5.06. The van der Waals surface area contributed by atoms with E-state index in [0.717, 1.165) is 22.4 Å². The van der Waals surface area contributed by atoms with E-state index < -0.39 is 28.8 Å². The van der Waals surface area contributed by atoms with Crippen LogP contribution in [-0.2, 0) is 15.0 Å². The Bertz CT molecular complexity index is 1490. The standard InChI is InChI=1S/C31H29N3O3/c1-18-17-24-31(21-10-6-7-11-22(21)33-29(31)37)25(27(35)19-13-15-32-16-14-19)26(28(36)30(2,3)4)34(24)23-12-8-5-9-20(18)23/h5-17,24-26H,1-4H3,(H,33,37)/t24-,25-,26+,31+/m0/s1. The van der Waals surface area contributed by atoms with Gasteiger partial charge in [0, 0.05) is 40.3 Å². The predicted molar refractivity (Wildman–Crippen MR) is 143 cm³/mol. The topological polar surface area (TPSA) is 79.4 Å².